The molecule has 82 valence electrons. The van der Waals surface area contributed by atoms with Gasteiger partial charge in [0.25, 0.3) is 0 Å². The fourth-order valence-electron chi connectivity index (χ4n) is 1.95. The first-order chi connectivity index (χ1) is 7.20. The van der Waals surface area contributed by atoms with E-state index in [1.165, 1.54) is 12.0 Å². The van der Waals surface area contributed by atoms with Gasteiger partial charge >= 0.3 is 0 Å². The highest BCUT2D eigenvalue weighted by Gasteiger charge is 2.26. The fraction of sp³-hybridized carbons (Fsp3) is 0.636. The zero-order valence-electron chi connectivity index (χ0n) is 9.40. The second-order valence-corrected chi connectivity index (χ2v) is 4.25. The monoisotopic (exact) mass is 206 g/mol. The van der Waals surface area contributed by atoms with Gasteiger partial charge in [0, 0.05) is 25.7 Å². The molecule has 2 N–H and O–H groups in total. The minimum absolute atomic E-state index is 0.567. The van der Waals surface area contributed by atoms with E-state index in [1.807, 2.05) is 13.8 Å². The van der Waals surface area contributed by atoms with Crippen molar-refractivity contribution in [2.24, 2.45) is 5.73 Å². The summed E-state index contributed by atoms with van der Waals surface area (Å²) >= 11 is 0. The maximum absolute atomic E-state index is 5.68. The van der Waals surface area contributed by atoms with Crippen LogP contribution in [-0.4, -0.2) is 34.2 Å². The Morgan fingerprint density at radius 2 is 2.27 bits per heavy atom. The largest absolute Gasteiger partial charge is 0.329 e. The molecule has 4 nitrogen and oxygen atoms in total. The first-order valence-corrected chi connectivity index (χ1v) is 5.44. The highest BCUT2D eigenvalue weighted by atomic mass is 15.2. The summed E-state index contributed by atoms with van der Waals surface area (Å²) < 4.78 is 0. The van der Waals surface area contributed by atoms with E-state index < -0.39 is 0 Å². The van der Waals surface area contributed by atoms with Crippen LogP contribution in [0.5, 0.6) is 0 Å². The average Bonchev–Trinajstić information content (AvgIpc) is 2.18. The van der Waals surface area contributed by atoms with Crippen molar-refractivity contribution in [3.05, 3.63) is 23.0 Å². The molecule has 1 fully saturated rings. The predicted molar refractivity (Wildman–Crippen MR) is 59.4 cm³/mol. The molecule has 0 aliphatic carbocycles. The minimum Gasteiger partial charge on any atom is -0.329 e. The number of aryl methyl sites for hydroxylation is 2. The van der Waals surface area contributed by atoms with Crippen LogP contribution in [-0.2, 0) is 6.54 Å². The molecule has 0 bridgehead atoms. The SMILES string of the molecule is Cc1cc(CN2CCC2CN)c(C)nn1. The summed E-state index contributed by atoms with van der Waals surface area (Å²) in [6.07, 6.45) is 1.23. The lowest BCUT2D eigenvalue weighted by molar-refractivity contribution is 0.0877. The summed E-state index contributed by atoms with van der Waals surface area (Å²) in [6, 6.07) is 2.69. The van der Waals surface area contributed by atoms with Crippen LogP contribution in [0.4, 0.5) is 0 Å². The van der Waals surface area contributed by atoms with Crippen LogP contribution in [0.25, 0.3) is 0 Å². The van der Waals surface area contributed by atoms with Crippen molar-refractivity contribution in [2.45, 2.75) is 32.9 Å². The molecule has 0 saturated carbocycles. The summed E-state index contributed by atoms with van der Waals surface area (Å²) in [4.78, 5) is 2.41. The maximum atomic E-state index is 5.68. The molecule has 15 heavy (non-hydrogen) atoms. The van der Waals surface area contributed by atoms with Crippen molar-refractivity contribution >= 4 is 0 Å². The number of nitrogens with zero attached hydrogens (tertiary/aromatic N) is 3. The van der Waals surface area contributed by atoms with Crippen molar-refractivity contribution in [3.63, 3.8) is 0 Å². The highest BCUT2D eigenvalue weighted by Crippen LogP contribution is 2.20. The Balaban J connectivity index is 2.07. The summed E-state index contributed by atoms with van der Waals surface area (Å²) in [7, 11) is 0. The van der Waals surface area contributed by atoms with Crippen LogP contribution in [0.2, 0.25) is 0 Å². The normalized spacial score (nSPS) is 21.4. The standard InChI is InChI=1S/C11H18N4/c1-8-5-10(9(2)14-13-8)7-15-4-3-11(15)6-12/h5,11H,3-4,6-7,12H2,1-2H3. The number of hydrogen-bond donors (Lipinski definition) is 1. The quantitative estimate of drug-likeness (QED) is 0.788. The van der Waals surface area contributed by atoms with Crippen molar-refractivity contribution in [1.82, 2.24) is 15.1 Å². The Hall–Kier alpha value is -1.00. The Morgan fingerprint density at radius 3 is 2.87 bits per heavy atom. The molecule has 1 aliphatic heterocycles. The summed E-state index contributed by atoms with van der Waals surface area (Å²) in [5.41, 5.74) is 8.97. The van der Waals surface area contributed by atoms with E-state index in [0.717, 1.165) is 31.0 Å². The van der Waals surface area contributed by atoms with E-state index in [2.05, 4.69) is 21.2 Å². The molecular formula is C11H18N4. The number of hydrogen-bond acceptors (Lipinski definition) is 4. The van der Waals surface area contributed by atoms with Gasteiger partial charge in [-0.05, 0) is 31.9 Å². The molecule has 1 atom stereocenters. The smallest absolute Gasteiger partial charge is 0.0645 e. The molecule has 1 aliphatic rings. The lowest BCUT2D eigenvalue weighted by Gasteiger charge is -2.40. The van der Waals surface area contributed by atoms with Crippen LogP contribution < -0.4 is 5.73 Å². The minimum atomic E-state index is 0.567. The molecule has 0 spiro atoms. The van der Waals surface area contributed by atoms with Gasteiger partial charge in [0.1, 0.15) is 0 Å². The topological polar surface area (TPSA) is 55.0 Å². The number of aromatic nitrogens is 2. The van der Waals surface area contributed by atoms with Gasteiger partial charge in [-0.1, -0.05) is 0 Å². The Morgan fingerprint density at radius 1 is 1.47 bits per heavy atom. The first-order valence-electron chi connectivity index (χ1n) is 5.44. The van der Waals surface area contributed by atoms with Gasteiger partial charge in [-0.3, -0.25) is 4.90 Å². The van der Waals surface area contributed by atoms with E-state index in [4.69, 9.17) is 5.73 Å². The lowest BCUT2D eigenvalue weighted by atomic mass is 10.0. The van der Waals surface area contributed by atoms with Crippen LogP contribution in [0, 0.1) is 13.8 Å². The van der Waals surface area contributed by atoms with Gasteiger partial charge < -0.3 is 5.73 Å². The van der Waals surface area contributed by atoms with Crippen LogP contribution in [0.15, 0.2) is 6.07 Å². The van der Waals surface area contributed by atoms with E-state index >= 15 is 0 Å². The van der Waals surface area contributed by atoms with E-state index in [0.29, 0.717) is 6.04 Å². The Bertz CT molecular complexity index is 348. The Kier molecular flexibility index (Phi) is 2.98. The first kappa shape index (κ1) is 10.5. The molecule has 2 heterocycles. The van der Waals surface area contributed by atoms with Crippen molar-refractivity contribution in [2.75, 3.05) is 13.1 Å². The van der Waals surface area contributed by atoms with Crippen molar-refractivity contribution in [1.29, 1.82) is 0 Å². The van der Waals surface area contributed by atoms with Crippen LogP contribution >= 0.6 is 0 Å². The van der Waals surface area contributed by atoms with Gasteiger partial charge in [0.05, 0.1) is 11.4 Å². The van der Waals surface area contributed by atoms with Gasteiger partial charge in [-0.15, -0.1) is 0 Å². The summed E-state index contributed by atoms with van der Waals surface area (Å²) in [6.45, 7) is 6.87. The van der Waals surface area contributed by atoms with Crippen LogP contribution in [0.3, 0.4) is 0 Å². The molecule has 1 aromatic rings. The third-order valence-electron chi connectivity index (χ3n) is 3.12. The molecule has 1 unspecified atom stereocenters. The van der Waals surface area contributed by atoms with Crippen molar-refractivity contribution < 1.29 is 0 Å². The molecule has 0 aromatic carbocycles. The van der Waals surface area contributed by atoms with Gasteiger partial charge in [-0.2, -0.15) is 10.2 Å². The highest BCUT2D eigenvalue weighted by molar-refractivity contribution is 5.20. The fourth-order valence-corrected chi connectivity index (χ4v) is 1.95. The molecule has 1 saturated heterocycles. The molecule has 0 amide bonds. The molecule has 1 aromatic heterocycles. The summed E-state index contributed by atoms with van der Waals surface area (Å²) in [5.74, 6) is 0. The van der Waals surface area contributed by atoms with Gasteiger partial charge in [0.2, 0.25) is 0 Å². The molecule has 2 rings (SSSR count). The summed E-state index contributed by atoms with van der Waals surface area (Å²) in [5, 5.41) is 8.17. The second-order valence-electron chi connectivity index (χ2n) is 4.25. The lowest BCUT2D eigenvalue weighted by Crippen LogP contribution is -2.51. The molecule has 4 heteroatoms. The zero-order chi connectivity index (χ0) is 10.8. The van der Waals surface area contributed by atoms with Gasteiger partial charge in [0.15, 0.2) is 0 Å². The van der Waals surface area contributed by atoms with Gasteiger partial charge in [-0.25, -0.2) is 0 Å². The number of likely N-dealkylation sites (tertiary alicyclic amines) is 1. The maximum Gasteiger partial charge on any atom is 0.0645 e. The molecular weight excluding hydrogens is 188 g/mol. The van der Waals surface area contributed by atoms with E-state index in [-0.39, 0.29) is 0 Å². The zero-order valence-corrected chi connectivity index (χ0v) is 9.40. The molecule has 0 radical (unpaired) electrons. The van der Waals surface area contributed by atoms with E-state index in [9.17, 15) is 0 Å². The van der Waals surface area contributed by atoms with E-state index in [1.54, 1.807) is 0 Å². The number of nitrogens with two attached hydrogens (primary N) is 1. The van der Waals surface area contributed by atoms with Crippen LogP contribution in [0.1, 0.15) is 23.4 Å². The van der Waals surface area contributed by atoms with Crippen molar-refractivity contribution in [3.8, 4) is 0 Å². The third kappa shape index (κ3) is 2.16. The average molecular weight is 206 g/mol. The third-order valence-corrected chi connectivity index (χ3v) is 3.12. The number of rotatable bonds is 3. The predicted octanol–water partition coefficient (Wildman–Crippen LogP) is 0.626. The Labute approximate surface area is 90.5 Å². The second kappa shape index (κ2) is 4.24.